The van der Waals surface area contributed by atoms with Crippen LogP contribution in [0.5, 0.6) is 0 Å². The Labute approximate surface area is 122 Å². The lowest BCUT2D eigenvalue weighted by atomic mass is 10.2. The van der Waals surface area contributed by atoms with Crippen molar-refractivity contribution in [1.29, 1.82) is 0 Å². The van der Waals surface area contributed by atoms with E-state index in [1.54, 1.807) is 0 Å². The lowest BCUT2D eigenvalue weighted by Gasteiger charge is -2.19. The molecule has 0 spiro atoms. The maximum atomic E-state index is 11.3. The van der Waals surface area contributed by atoms with Crippen LogP contribution in [0.4, 0.5) is 0 Å². The van der Waals surface area contributed by atoms with E-state index in [-0.39, 0.29) is 12.6 Å². The van der Waals surface area contributed by atoms with Crippen molar-refractivity contribution in [3.05, 3.63) is 0 Å². The SMILES string of the molecule is CCCCCOCCOCCOCC(=O)OC(C)(C)C. The normalized spacial score (nSPS) is 11.6. The van der Waals surface area contributed by atoms with Crippen LogP contribution in [-0.4, -0.2) is 51.2 Å². The summed E-state index contributed by atoms with van der Waals surface area (Å²) >= 11 is 0. The van der Waals surface area contributed by atoms with Gasteiger partial charge in [-0.3, -0.25) is 0 Å². The highest BCUT2D eigenvalue weighted by Crippen LogP contribution is 2.06. The maximum Gasteiger partial charge on any atom is 0.332 e. The third-order valence-electron chi connectivity index (χ3n) is 2.28. The van der Waals surface area contributed by atoms with E-state index in [9.17, 15) is 4.79 Å². The zero-order valence-corrected chi connectivity index (χ0v) is 13.4. The van der Waals surface area contributed by atoms with E-state index in [1.807, 2.05) is 20.8 Å². The molecule has 0 rings (SSSR count). The van der Waals surface area contributed by atoms with Crippen LogP contribution in [0, 0.1) is 0 Å². The van der Waals surface area contributed by atoms with E-state index in [0.29, 0.717) is 26.4 Å². The fourth-order valence-electron chi connectivity index (χ4n) is 1.42. The number of rotatable bonds is 12. The average molecular weight is 290 g/mol. The second-order valence-electron chi connectivity index (χ2n) is 5.57. The van der Waals surface area contributed by atoms with Crippen LogP contribution in [0.25, 0.3) is 0 Å². The van der Waals surface area contributed by atoms with Gasteiger partial charge in [0, 0.05) is 6.61 Å². The van der Waals surface area contributed by atoms with E-state index in [1.165, 1.54) is 12.8 Å². The minimum Gasteiger partial charge on any atom is -0.458 e. The summed E-state index contributed by atoms with van der Waals surface area (Å²) in [5, 5.41) is 0. The van der Waals surface area contributed by atoms with Gasteiger partial charge in [-0.2, -0.15) is 0 Å². The first-order valence-corrected chi connectivity index (χ1v) is 7.41. The van der Waals surface area contributed by atoms with Gasteiger partial charge in [0.15, 0.2) is 0 Å². The Kier molecular flexibility index (Phi) is 11.7. The van der Waals surface area contributed by atoms with Crippen molar-refractivity contribution in [2.24, 2.45) is 0 Å². The van der Waals surface area contributed by atoms with Crippen LogP contribution in [0.15, 0.2) is 0 Å². The summed E-state index contributed by atoms with van der Waals surface area (Å²) in [5.41, 5.74) is -0.466. The van der Waals surface area contributed by atoms with Crippen molar-refractivity contribution in [1.82, 2.24) is 0 Å². The number of hydrogen-bond donors (Lipinski definition) is 0. The number of esters is 1. The molecule has 120 valence electrons. The molecule has 0 atom stereocenters. The van der Waals surface area contributed by atoms with Gasteiger partial charge in [0.1, 0.15) is 12.2 Å². The molecule has 0 aliphatic heterocycles. The summed E-state index contributed by atoms with van der Waals surface area (Å²) < 4.78 is 21.0. The molecule has 0 bridgehead atoms. The highest BCUT2D eigenvalue weighted by Gasteiger charge is 2.15. The van der Waals surface area contributed by atoms with E-state index in [4.69, 9.17) is 18.9 Å². The summed E-state index contributed by atoms with van der Waals surface area (Å²) in [7, 11) is 0. The zero-order chi connectivity index (χ0) is 15.3. The number of ether oxygens (including phenoxy) is 4. The maximum absolute atomic E-state index is 11.3. The van der Waals surface area contributed by atoms with Crippen LogP contribution in [-0.2, 0) is 23.7 Å². The molecule has 0 fully saturated rings. The molecule has 0 saturated carbocycles. The molecule has 0 N–H and O–H groups in total. The monoisotopic (exact) mass is 290 g/mol. The van der Waals surface area contributed by atoms with Crippen molar-refractivity contribution in [3.63, 3.8) is 0 Å². The molecule has 0 heterocycles. The van der Waals surface area contributed by atoms with Gasteiger partial charge in [-0.05, 0) is 27.2 Å². The molecular formula is C15H30O5. The van der Waals surface area contributed by atoms with E-state index in [2.05, 4.69) is 6.92 Å². The summed E-state index contributed by atoms with van der Waals surface area (Å²) in [6.07, 6.45) is 3.52. The third-order valence-corrected chi connectivity index (χ3v) is 2.28. The van der Waals surface area contributed by atoms with Gasteiger partial charge in [0.05, 0.1) is 26.4 Å². The Hall–Kier alpha value is -0.650. The smallest absolute Gasteiger partial charge is 0.332 e. The number of hydrogen-bond acceptors (Lipinski definition) is 5. The molecule has 0 aromatic rings. The average Bonchev–Trinajstić information content (AvgIpc) is 2.34. The molecule has 0 aromatic carbocycles. The predicted octanol–water partition coefficient (Wildman–Crippen LogP) is 2.57. The highest BCUT2D eigenvalue weighted by molar-refractivity contribution is 5.71. The second-order valence-corrected chi connectivity index (χ2v) is 5.57. The quantitative estimate of drug-likeness (QED) is 0.408. The summed E-state index contributed by atoms with van der Waals surface area (Å²) in [6, 6.07) is 0. The Balaban J connectivity index is 3.19. The van der Waals surface area contributed by atoms with Crippen LogP contribution < -0.4 is 0 Å². The number of carbonyl (C=O) groups is 1. The van der Waals surface area contributed by atoms with Crippen LogP contribution in [0.1, 0.15) is 47.0 Å². The Morgan fingerprint density at radius 2 is 1.40 bits per heavy atom. The van der Waals surface area contributed by atoms with Gasteiger partial charge >= 0.3 is 5.97 Å². The van der Waals surface area contributed by atoms with Crippen molar-refractivity contribution in [2.75, 3.05) is 39.6 Å². The molecule has 0 amide bonds. The minimum absolute atomic E-state index is 0.0336. The minimum atomic E-state index is -0.466. The van der Waals surface area contributed by atoms with Gasteiger partial charge in [-0.1, -0.05) is 19.8 Å². The highest BCUT2D eigenvalue weighted by atomic mass is 16.6. The van der Waals surface area contributed by atoms with Crippen LogP contribution in [0.2, 0.25) is 0 Å². The van der Waals surface area contributed by atoms with Gasteiger partial charge in [0.2, 0.25) is 0 Å². The van der Waals surface area contributed by atoms with Crippen molar-refractivity contribution in [3.8, 4) is 0 Å². The lowest BCUT2D eigenvalue weighted by Crippen LogP contribution is -2.27. The van der Waals surface area contributed by atoms with Gasteiger partial charge in [0.25, 0.3) is 0 Å². The topological polar surface area (TPSA) is 54.0 Å². The van der Waals surface area contributed by atoms with Gasteiger partial charge in [-0.25, -0.2) is 4.79 Å². The van der Waals surface area contributed by atoms with E-state index >= 15 is 0 Å². The van der Waals surface area contributed by atoms with E-state index < -0.39 is 5.60 Å². The van der Waals surface area contributed by atoms with Crippen LogP contribution in [0.3, 0.4) is 0 Å². The molecule has 0 unspecified atom stereocenters. The largest absolute Gasteiger partial charge is 0.458 e. The number of carbonyl (C=O) groups excluding carboxylic acids is 1. The van der Waals surface area contributed by atoms with Crippen LogP contribution >= 0.6 is 0 Å². The van der Waals surface area contributed by atoms with Crippen molar-refractivity contribution in [2.45, 2.75) is 52.6 Å². The molecule has 0 radical (unpaired) electrons. The number of unbranched alkanes of at least 4 members (excludes halogenated alkanes) is 2. The van der Waals surface area contributed by atoms with Gasteiger partial charge < -0.3 is 18.9 Å². The van der Waals surface area contributed by atoms with E-state index in [0.717, 1.165) is 13.0 Å². The summed E-state index contributed by atoms with van der Waals surface area (Å²) in [5.74, 6) is -0.350. The predicted molar refractivity (Wildman–Crippen MR) is 77.8 cm³/mol. The fourth-order valence-corrected chi connectivity index (χ4v) is 1.42. The molecule has 0 aliphatic rings. The first-order chi connectivity index (χ1) is 9.45. The molecule has 0 aromatic heterocycles. The van der Waals surface area contributed by atoms with Crippen molar-refractivity contribution < 1.29 is 23.7 Å². The fraction of sp³-hybridized carbons (Fsp3) is 0.933. The second kappa shape index (κ2) is 12.1. The molecule has 5 heteroatoms. The van der Waals surface area contributed by atoms with Crippen molar-refractivity contribution >= 4 is 5.97 Å². The van der Waals surface area contributed by atoms with Gasteiger partial charge in [-0.15, -0.1) is 0 Å². The summed E-state index contributed by atoms with van der Waals surface area (Å²) in [4.78, 5) is 11.3. The standard InChI is InChI=1S/C15H30O5/c1-5-6-7-8-17-9-10-18-11-12-19-13-14(16)20-15(2,3)4/h5-13H2,1-4H3. The molecular weight excluding hydrogens is 260 g/mol. The Bertz CT molecular complexity index is 235. The molecule has 5 nitrogen and oxygen atoms in total. The molecule has 20 heavy (non-hydrogen) atoms. The summed E-state index contributed by atoms with van der Waals surface area (Å²) in [6.45, 7) is 10.4. The molecule has 0 aliphatic carbocycles. The Morgan fingerprint density at radius 3 is 1.95 bits per heavy atom. The third kappa shape index (κ3) is 15.4. The first kappa shape index (κ1) is 19.4. The molecule has 0 saturated heterocycles. The first-order valence-electron chi connectivity index (χ1n) is 7.41. The lowest BCUT2D eigenvalue weighted by molar-refractivity contribution is -0.160. The zero-order valence-electron chi connectivity index (χ0n) is 13.4. The Morgan fingerprint density at radius 1 is 0.850 bits per heavy atom.